The first-order chi connectivity index (χ1) is 12.6. The number of ether oxygens (including phenoxy) is 3. The third kappa shape index (κ3) is 3.96. The summed E-state index contributed by atoms with van der Waals surface area (Å²) in [5.74, 6) is 0.168. The van der Waals surface area contributed by atoms with Crippen molar-refractivity contribution in [3.8, 4) is 11.5 Å². The lowest BCUT2D eigenvalue weighted by Gasteiger charge is -2.28. The van der Waals surface area contributed by atoms with Gasteiger partial charge in [-0.3, -0.25) is 4.79 Å². The van der Waals surface area contributed by atoms with E-state index in [9.17, 15) is 9.59 Å². The molecule has 0 N–H and O–H groups in total. The third-order valence-corrected chi connectivity index (χ3v) is 4.40. The van der Waals surface area contributed by atoms with Gasteiger partial charge < -0.3 is 19.1 Å². The average Bonchev–Trinajstić information content (AvgIpc) is 2.70. The van der Waals surface area contributed by atoms with Crippen LogP contribution in [-0.4, -0.2) is 44.1 Å². The minimum atomic E-state index is -0.590. The van der Waals surface area contributed by atoms with E-state index in [1.807, 2.05) is 18.2 Å². The lowest BCUT2D eigenvalue weighted by atomic mass is 10.00. The third-order valence-electron chi connectivity index (χ3n) is 4.40. The van der Waals surface area contributed by atoms with Gasteiger partial charge in [0, 0.05) is 19.2 Å². The Morgan fingerprint density at radius 3 is 2.31 bits per heavy atom. The van der Waals surface area contributed by atoms with Crippen molar-refractivity contribution in [3.05, 3.63) is 59.2 Å². The summed E-state index contributed by atoms with van der Waals surface area (Å²) in [6.45, 7) is 0.875. The van der Waals surface area contributed by atoms with Crippen LogP contribution in [0.25, 0.3) is 0 Å². The number of amides is 1. The fourth-order valence-corrected chi connectivity index (χ4v) is 2.94. The maximum Gasteiger partial charge on any atom is 0.338 e. The van der Waals surface area contributed by atoms with Gasteiger partial charge in [0.15, 0.2) is 6.61 Å². The molecule has 0 fully saturated rings. The standard InChI is InChI=1S/C20H21NO5/c1-24-17-9-16(10-18(11-17)25-2)20(23)26-13-19(22)21-8-7-14-5-3-4-6-15(14)12-21/h3-6,9-11H,7-8,12-13H2,1-2H3. The number of rotatable bonds is 5. The number of carbonyl (C=O) groups excluding carboxylic acids is 2. The Kier molecular flexibility index (Phi) is 5.41. The molecule has 0 bridgehead atoms. The Bertz CT molecular complexity index is 795. The molecular weight excluding hydrogens is 334 g/mol. The molecule has 1 amide bonds. The molecule has 136 valence electrons. The second kappa shape index (κ2) is 7.91. The Morgan fingerprint density at radius 2 is 1.65 bits per heavy atom. The average molecular weight is 355 g/mol. The van der Waals surface area contributed by atoms with E-state index in [1.165, 1.54) is 19.8 Å². The highest BCUT2D eigenvalue weighted by Crippen LogP contribution is 2.23. The van der Waals surface area contributed by atoms with E-state index in [2.05, 4.69) is 6.07 Å². The van der Waals surface area contributed by atoms with Crippen LogP contribution in [0.2, 0.25) is 0 Å². The number of esters is 1. The number of hydrogen-bond acceptors (Lipinski definition) is 5. The monoisotopic (exact) mass is 355 g/mol. The molecule has 26 heavy (non-hydrogen) atoms. The Hall–Kier alpha value is -3.02. The molecule has 1 aliphatic heterocycles. The highest BCUT2D eigenvalue weighted by Gasteiger charge is 2.22. The van der Waals surface area contributed by atoms with Gasteiger partial charge in [0.05, 0.1) is 19.8 Å². The van der Waals surface area contributed by atoms with Crippen molar-refractivity contribution < 1.29 is 23.8 Å². The van der Waals surface area contributed by atoms with Crippen LogP contribution in [0.3, 0.4) is 0 Å². The van der Waals surface area contributed by atoms with E-state index in [0.717, 1.165) is 12.0 Å². The number of nitrogens with zero attached hydrogens (tertiary/aromatic N) is 1. The number of carbonyl (C=O) groups is 2. The van der Waals surface area contributed by atoms with E-state index < -0.39 is 5.97 Å². The van der Waals surface area contributed by atoms with Crippen LogP contribution < -0.4 is 9.47 Å². The summed E-state index contributed by atoms with van der Waals surface area (Å²) in [6.07, 6.45) is 0.808. The van der Waals surface area contributed by atoms with E-state index in [0.29, 0.717) is 24.6 Å². The largest absolute Gasteiger partial charge is 0.497 e. The van der Waals surface area contributed by atoms with Crippen molar-refractivity contribution in [2.45, 2.75) is 13.0 Å². The van der Waals surface area contributed by atoms with Crippen molar-refractivity contribution in [2.24, 2.45) is 0 Å². The van der Waals surface area contributed by atoms with Crippen LogP contribution in [-0.2, 0) is 22.5 Å². The molecule has 0 spiro atoms. The molecule has 1 aliphatic rings. The fourth-order valence-electron chi connectivity index (χ4n) is 2.94. The first kappa shape index (κ1) is 17.8. The Balaban J connectivity index is 1.60. The lowest BCUT2D eigenvalue weighted by molar-refractivity contribution is -0.135. The summed E-state index contributed by atoms with van der Waals surface area (Å²) in [7, 11) is 3.00. The van der Waals surface area contributed by atoms with Crippen LogP contribution in [0, 0.1) is 0 Å². The lowest BCUT2D eigenvalue weighted by Crippen LogP contribution is -2.38. The number of hydrogen-bond donors (Lipinski definition) is 0. The van der Waals surface area contributed by atoms with Crippen molar-refractivity contribution in [1.82, 2.24) is 4.90 Å². The van der Waals surface area contributed by atoms with Crippen LogP contribution in [0.1, 0.15) is 21.5 Å². The summed E-state index contributed by atoms with van der Waals surface area (Å²) in [5.41, 5.74) is 2.67. The zero-order valence-electron chi connectivity index (χ0n) is 14.9. The molecule has 3 rings (SSSR count). The van der Waals surface area contributed by atoms with Crippen molar-refractivity contribution >= 4 is 11.9 Å². The van der Waals surface area contributed by atoms with E-state index in [1.54, 1.807) is 23.1 Å². The van der Waals surface area contributed by atoms with E-state index >= 15 is 0 Å². The molecule has 0 unspecified atom stereocenters. The summed E-state index contributed by atoms with van der Waals surface area (Å²) in [6, 6.07) is 12.8. The molecule has 0 aromatic heterocycles. The summed E-state index contributed by atoms with van der Waals surface area (Å²) in [4.78, 5) is 26.4. The minimum absolute atomic E-state index is 0.206. The summed E-state index contributed by atoms with van der Waals surface area (Å²) < 4.78 is 15.5. The van der Waals surface area contributed by atoms with Gasteiger partial charge >= 0.3 is 5.97 Å². The first-order valence-corrected chi connectivity index (χ1v) is 8.35. The molecule has 1 heterocycles. The molecule has 2 aromatic rings. The molecule has 6 nitrogen and oxygen atoms in total. The minimum Gasteiger partial charge on any atom is -0.497 e. The predicted molar refractivity (Wildman–Crippen MR) is 95.4 cm³/mol. The molecular formula is C20H21NO5. The van der Waals surface area contributed by atoms with E-state index in [-0.39, 0.29) is 18.1 Å². The molecule has 2 aromatic carbocycles. The second-order valence-electron chi connectivity index (χ2n) is 6.01. The molecule has 6 heteroatoms. The van der Waals surface area contributed by atoms with Gasteiger partial charge in [-0.15, -0.1) is 0 Å². The van der Waals surface area contributed by atoms with E-state index in [4.69, 9.17) is 14.2 Å². The van der Waals surface area contributed by atoms with Crippen LogP contribution in [0.15, 0.2) is 42.5 Å². The van der Waals surface area contributed by atoms with Gasteiger partial charge in [0.1, 0.15) is 11.5 Å². The summed E-state index contributed by atoms with van der Waals surface area (Å²) >= 11 is 0. The highest BCUT2D eigenvalue weighted by atomic mass is 16.5. The van der Waals surface area contributed by atoms with Crippen LogP contribution >= 0.6 is 0 Å². The van der Waals surface area contributed by atoms with Crippen molar-refractivity contribution in [2.75, 3.05) is 27.4 Å². The molecule has 0 saturated heterocycles. The zero-order valence-corrected chi connectivity index (χ0v) is 14.9. The Labute approximate surface area is 152 Å². The van der Waals surface area contributed by atoms with Crippen LogP contribution in [0.4, 0.5) is 0 Å². The smallest absolute Gasteiger partial charge is 0.338 e. The highest BCUT2D eigenvalue weighted by molar-refractivity contribution is 5.92. The van der Waals surface area contributed by atoms with Gasteiger partial charge in [-0.25, -0.2) is 4.79 Å². The molecule has 0 atom stereocenters. The van der Waals surface area contributed by atoms with Crippen molar-refractivity contribution in [3.63, 3.8) is 0 Å². The fraction of sp³-hybridized carbons (Fsp3) is 0.300. The number of methoxy groups -OCH3 is 2. The second-order valence-corrected chi connectivity index (χ2v) is 6.01. The van der Waals surface area contributed by atoms with Gasteiger partial charge in [-0.2, -0.15) is 0 Å². The van der Waals surface area contributed by atoms with Gasteiger partial charge in [-0.1, -0.05) is 24.3 Å². The number of fused-ring (bicyclic) bond motifs is 1. The van der Waals surface area contributed by atoms with Crippen LogP contribution in [0.5, 0.6) is 11.5 Å². The van der Waals surface area contributed by atoms with Gasteiger partial charge in [-0.05, 0) is 29.7 Å². The normalized spacial score (nSPS) is 12.9. The predicted octanol–water partition coefficient (Wildman–Crippen LogP) is 2.45. The maximum absolute atomic E-state index is 12.4. The van der Waals surface area contributed by atoms with Crippen molar-refractivity contribution in [1.29, 1.82) is 0 Å². The first-order valence-electron chi connectivity index (χ1n) is 8.35. The molecule has 0 aliphatic carbocycles. The Morgan fingerprint density at radius 1 is 1.00 bits per heavy atom. The SMILES string of the molecule is COc1cc(OC)cc(C(=O)OCC(=O)N2CCc3ccccc3C2)c1. The number of benzene rings is 2. The molecule has 0 saturated carbocycles. The molecule has 0 radical (unpaired) electrons. The summed E-state index contributed by atoms with van der Waals surface area (Å²) in [5, 5.41) is 0. The maximum atomic E-state index is 12.4. The van der Waals surface area contributed by atoms with Gasteiger partial charge in [0.25, 0.3) is 5.91 Å². The zero-order chi connectivity index (χ0) is 18.5. The topological polar surface area (TPSA) is 65.1 Å². The quantitative estimate of drug-likeness (QED) is 0.771. The van der Waals surface area contributed by atoms with Gasteiger partial charge in [0.2, 0.25) is 0 Å².